The Morgan fingerprint density at radius 2 is 1.96 bits per heavy atom. The van der Waals surface area contributed by atoms with Crippen molar-refractivity contribution in [3.63, 3.8) is 0 Å². The maximum absolute atomic E-state index is 12.4. The topological polar surface area (TPSA) is 58.1 Å². The summed E-state index contributed by atoms with van der Waals surface area (Å²) in [6.45, 7) is 11.6. The van der Waals surface area contributed by atoms with E-state index >= 15 is 0 Å². The zero-order valence-corrected chi connectivity index (χ0v) is 15.8. The van der Waals surface area contributed by atoms with Crippen molar-refractivity contribution in [3.8, 4) is 0 Å². The van der Waals surface area contributed by atoms with Crippen LogP contribution >= 0.6 is 0 Å². The highest BCUT2D eigenvalue weighted by atomic mass is 16.1. The fourth-order valence-corrected chi connectivity index (χ4v) is 2.64. The molecular weight excluding hydrogens is 312 g/mol. The summed E-state index contributed by atoms with van der Waals surface area (Å²) in [4.78, 5) is 23.3. The number of aryl methyl sites for hydroxylation is 2. The largest absolute Gasteiger partial charge is 0.351 e. The lowest BCUT2D eigenvalue weighted by atomic mass is 10.1. The van der Waals surface area contributed by atoms with Gasteiger partial charge in [0.25, 0.3) is 5.91 Å². The highest BCUT2D eigenvalue weighted by Crippen LogP contribution is 2.24. The van der Waals surface area contributed by atoms with Gasteiger partial charge in [-0.2, -0.15) is 0 Å². The molecule has 2 rings (SSSR count). The Balaban J connectivity index is 2.26. The standard InChI is InChI=1S/C20H28N4O/c1-6-24(17-9-7-8-15(4)12-17)19-13-18(22-16(5)23-19)20(25)21-11-10-14(2)3/h7-9,12-14H,6,10-11H2,1-5H3,(H,21,25). The fraction of sp³-hybridized carbons (Fsp3) is 0.450. The van der Waals surface area contributed by atoms with E-state index in [1.54, 1.807) is 6.07 Å². The summed E-state index contributed by atoms with van der Waals surface area (Å²) in [7, 11) is 0. The Morgan fingerprint density at radius 3 is 2.60 bits per heavy atom. The Morgan fingerprint density at radius 1 is 1.20 bits per heavy atom. The van der Waals surface area contributed by atoms with E-state index in [1.807, 2.05) is 13.0 Å². The number of nitrogens with one attached hydrogen (secondary N) is 1. The zero-order valence-electron chi connectivity index (χ0n) is 15.8. The first-order valence-electron chi connectivity index (χ1n) is 8.88. The summed E-state index contributed by atoms with van der Waals surface area (Å²) in [5.41, 5.74) is 2.66. The van der Waals surface area contributed by atoms with Gasteiger partial charge in [0, 0.05) is 24.8 Å². The van der Waals surface area contributed by atoms with Gasteiger partial charge in [-0.3, -0.25) is 4.79 Å². The van der Waals surface area contributed by atoms with Crippen molar-refractivity contribution in [2.75, 3.05) is 18.0 Å². The molecule has 1 amide bonds. The van der Waals surface area contributed by atoms with Crippen LogP contribution < -0.4 is 10.2 Å². The Labute approximate surface area is 150 Å². The number of hydrogen-bond donors (Lipinski definition) is 1. The average molecular weight is 340 g/mol. The van der Waals surface area contributed by atoms with E-state index in [2.05, 4.69) is 66.1 Å². The van der Waals surface area contributed by atoms with Gasteiger partial charge in [0.15, 0.2) is 0 Å². The Bertz CT molecular complexity index is 727. The lowest BCUT2D eigenvalue weighted by Crippen LogP contribution is -2.27. The fourth-order valence-electron chi connectivity index (χ4n) is 2.64. The molecule has 0 radical (unpaired) electrons. The van der Waals surface area contributed by atoms with E-state index < -0.39 is 0 Å². The third-order valence-corrected chi connectivity index (χ3v) is 3.97. The zero-order chi connectivity index (χ0) is 18.4. The van der Waals surface area contributed by atoms with Gasteiger partial charge in [-0.15, -0.1) is 0 Å². The van der Waals surface area contributed by atoms with Crippen LogP contribution in [-0.4, -0.2) is 29.0 Å². The van der Waals surface area contributed by atoms with E-state index in [-0.39, 0.29) is 5.91 Å². The second-order valence-electron chi connectivity index (χ2n) is 6.68. The first kappa shape index (κ1) is 18.9. The predicted molar refractivity (Wildman–Crippen MR) is 102 cm³/mol. The number of benzene rings is 1. The molecule has 0 saturated heterocycles. The van der Waals surface area contributed by atoms with Crippen LogP contribution in [0.5, 0.6) is 0 Å². The summed E-state index contributed by atoms with van der Waals surface area (Å²) in [5, 5.41) is 2.94. The van der Waals surface area contributed by atoms with Crippen LogP contribution in [0, 0.1) is 19.8 Å². The molecule has 0 aliphatic rings. The van der Waals surface area contributed by atoms with E-state index in [0.717, 1.165) is 24.5 Å². The van der Waals surface area contributed by atoms with Crippen molar-refractivity contribution in [3.05, 3.63) is 47.4 Å². The van der Waals surface area contributed by atoms with E-state index in [0.29, 0.717) is 24.0 Å². The third kappa shape index (κ3) is 5.28. The number of carbonyl (C=O) groups excluding carboxylic acids is 1. The number of nitrogens with zero attached hydrogens (tertiary/aromatic N) is 3. The molecule has 5 nitrogen and oxygen atoms in total. The van der Waals surface area contributed by atoms with Gasteiger partial charge in [0.1, 0.15) is 17.3 Å². The van der Waals surface area contributed by atoms with Crippen LogP contribution in [0.15, 0.2) is 30.3 Å². The number of anilines is 2. The van der Waals surface area contributed by atoms with Gasteiger partial charge >= 0.3 is 0 Å². The molecule has 0 aliphatic heterocycles. The lowest BCUT2D eigenvalue weighted by molar-refractivity contribution is 0.0946. The van der Waals surface area contributed by atoms with Gasteiger partial charge < -0.3 is 10.2 Å². The van der Waals surface area contributed by atoms with E-state index in [9.17, 15) is 4.79 Å². The first-order chi connectivity index (χ1) is 11.9. The summed E-state index contributed by atoms with van der Waals surface area (Å²) in [6.07, 6.45) is 0.951. The Hall–Kier alpha value is -2.43. The van der Waals surface area contributed by atoms with Crippen molar-refractivity contribution < 1.29 is 4.79 Å². The Kier molecular flexibility index (Phi) is 6.51. The van der Waals surface area contributed by atoms with Crippen LogP contribution in [0.1, 0.15) is 49.1 Å². The molecule has 2 aromatic rings. The van der Waals surface area contributed by atoms with Gasteiger partial charge in [-0.05, 0) is 50.8 Å². The molecule has 5 heteroatoms. The molecular formula is C20H28N4O. The average Bonchev–Trinajstić information content (AvgIpc) is 2.54. The molecule has 0 atom stereocenters. The number of carbonyl (C=O) groups is 1. The number of amides is 1. The predicted octanol–water partition coefficient (Wildman–Crippen LogP) is 4.03. The van der Waals surface area contributed by atoms with Crippen molar-refractivity contribution >= 4 is 17.4 Å². The monoisotopic (exact) mass is 340 g/mol. The minimum Gasteiger partial charge on any atom is -0.351 e. The summed E-state index contributed by atoms with van der Waals surface area (Å²) in [6, 6.07) is 10.0. The quantitative estimate of drug-likeness (QED) is 0.827. The molecule has 0 bridgehead atoms. The third-order valence-electron chi connectivity index (χ3n) is 3.97. The SMILES string of the molecule is CCN(c1cccc(C)c1)c1cc(C(=O)NCCC(C)C)nc(C)n1. The molecule has 0 aliphatic carbocycles. The van der Waals surface area contributed by atoms with E-state index in [1.165, 1.54) is 5.56 Å². The van der Waals surface area contributed by atoms with E-state index in [4.69, 9.17) is 0 Å². The number of aromatic nitrogens is 2. The van der Waals surface area contributed by atoms with Crippen LogP contribution in [0.2, 0.25) is 0 Å². The second-order valence-corrected chi connectivity index (χ2v) is 6.68. The van der Waals surface area contributed by atoms with Crippen molar-refractivity contribution in [1.29, 1.82) is 0 Å². The molecule has 0 spiro atoms. The first-order valence-corrected chi connectivity index (χ1v) is 8.88. The minimum atomic E-state index is -0.146. The number of hydrogen-bond acceptors (Lipinski definition) is 4. The molecule has 25 heavy (non-hydrogen) atoms. The van der Waals surface area contributed by atoms with Crippen molar-refractivity contribution in [2.45, 2.75) is 41.0 Å². The normalized spacial score (nSPS) is 10.8. The van der Waals surface area contributed by atoms with Gasteiger partial charge in [0.2, 0.25) is 0 Å². The van der Waals surface area contributed by atoms with Crippen LogP contribution in [0.3, 0.4) is 0 Å². The molecule has 1 N–H and O–H groups in total. The maximum Gasteiger partial charge on any atom is 0.270 e. The molecule has 0 saturated carbocycles. The highest BCUT2D eigenvalue weighted by molar-refractivity contribution is 5.93. The number of rotatable bonds is 7. The lowest BCUT2D eigenvalue weighted by Gasteiger charge is -2.23. The molecule has 0 fully saturated rings. The summed E-state index contributed by atoms with van der Waals surface area (Å²) in [5.74, 6) is 1.75. The van der Waals surface area contributed by atoms with Crippen LogP contribution in [0.4, 0.5) is 11.5 Å². The highest BCUT2D eigenvalue weighted by Gasteiger charge is 2.15. The van der Waals surface area contributed by atoms with Gasteiger partial charge in [-0.1, -0.05) is 26.0 Å². The molecule has 1 aromatic heterocycles. The summed E-state index contributed by atoms with van der Waals surface area (Å²) >= 11 is 0. The smallest absolute Gasteiger partial charge is 0.270 e. The van der Waals surface area contributed by atoms with Crippen LogP contribution in [0.25, 0.3) is 0 Å². The molecule has 1 aromatic carbocycles. The van der Waals surface area contributed by atoms with Crippen molar-refractivity contribution in [1.82, 2.24) is 15.3 Å². The van der Waals surface area contributed by atoms with Gasteiger partial charge in [-0.25, -0.2) is 9.97 Å². The second kappa shape index (κ2) is 8.60. The van der Waals surface area contributed by atoms with Crippen molar-refractivity contribution in [2.24, 2.45) is 5.92 Å². The minimum absolute atomic E-state index is 0.146. The molecule has 0 unspecified atom stereocenters. The summed E-state index contributed by atoms with van der Waals surface area (Å²) < 4.78 is 0. The van der Waals surface area contributed by atoms with Gasteiger partial charge in [0.05, 0.1) is 0 Å². The molecule has 134 valence electrons. The van der Waals surface area contributed by atoms with Crippen LogP contribution in [-0.2, 0) is 0 Å². The maximum atomic E-state index is 12.4. The molecule has 1 heterocycles.